The Kier molecular flexibility index (Phi) is 5.03. The Bertz CT molecular complexity index is 180. The van der Waals surface area contributed by atoms with E-state index in [9.17, 15) is 5.11 Å². The third-order valence-electron chi connectivity index (χ3n) is 3.89. The quantitative estimate of drug-likeness (QED) is 0.723. The van der Waals surface area contributed by atoms with Crippen LogP contribution in [0.4, 0.5) is 0 Å². The van der Waals surface area contributed by atoms with Gasteiger partial charge in [0.25, 0.3) is 0 Å². The van der Waals surface area contributed by atoms with Crippen molar-refractivity contribution in [1.29, 1.82) is 0 Å². The lowest BCUT2D eigenvalue weighted by Gasteiger charge is -2.40. The molecule has 1 saturated heterocycles. The summed E-state index contributed by atoms with van der Waals surface area (Å²) in [6.07, 6.45) is 4.77. The fraction of sp³-hybridized carbons (Fsp3) is 1.00. The number of piperidine rings is 1. The van der Waals surface area contributed by atoms with Crippen LogP contribution in [-0.2, 0) is 0 Å². The number of nitrogens with zero attached hydrogens (tertiary/aromatic N) is 1. The average molecular weight is 214 g/mol. The van der Waals surface area contributed by atoms with E-state index in [1.807, 2.05) is 0 Å². The first-order chi connectivity index (χ1) is 7.15. The van der Waals surface area contributed by atoms with Crippen molar-refractivity contribution < 1.29 is 5.11 Å². The molecule has 15 heavy (non-hydrogen) atoms. The van der Waals surface area contributed by atoms with Gasteiger partial charge in [0.2, 0.25) is 0 Å². The molecule has 1 aliphatic heterocycles. The van der Waals surface area contributed by atoms with Crippen molar-refractivity contribution in [3.05, 3.63) is 0 Å². The Hall–Kier alpha value is -0.120. The molecule has 0 aliphatic carbocycles. The summed E-state index contributed by atoms with van der Waals surface area (Å²) < 4.78 is 0. The molecular formula is C12H26N2O. The first kappa shape index (κ1) is 12.9. The highest BCUT2D eigenvalue weighted by Gasteiger charge is 2.29. The molecular weight excluding hydrogens is 188 g/mol. The smallest absolute Gasteiger partial charge is 0.0586 e. The molecule has 0 aromatic heterocycles. The Morgan fingerprint density at radius 1 is 1.47 bits per heavy atom. The zero-order valence-electron chi connectivity index (χ0n) is 10.2. The van der Waals surface area contributed by atoms with Gasteiger partial charge >= 0.3 is 0 Å². The van der Waals surface area contributed by atoms with E-state index in [2.05, 4.69) is 18.7 Å². The first-order valence-corrected chi connectivity index (χ1v) is 6.20. The van der Waals surface area contributed by atoms with E-state index in [4.69, 9.17) is 5.73 Å². The van der Waals surface area contributed by atoms with Gasteiger partial charge in [0, 0.05) is 12.6 Å². The van der Waals surface area contributed by atoms with E-state index in [-0.39, 0.29) is 5.41 Å². The van der Waals surface area contributed by atoms with Gasteiger partial charge in [-0.2, -0.15) is 0 Å². The Balaban J connectivity index is 2.53. The van der Waals surface area contributed by atoms with Crippen LogP contribution in [0.3, 0.4) is 0 Å². The lowest BCUT2D eigenvalue weighted by atomic mass is 9.85. The van der Waals surface area contributed by atoms with Crippen LogP contribution >= 0.6 is 0 Å². The SMILES string of the molecule is CCC(C)(CN)CN1CCCCC1CO. The van der Waals surface area contributed by atoms with Crippen molar-refractivity contribution in [2.45, 2.75) is 45.6 Å². The van der Waals surface area contributed by atoms with Crippen molar-refractivity contribution in [2.75, 3.05) is 26.2 Å². The Morgan fingerprint density at radius 2 is 2.20 bits per heavy atom. The summed E-state index contributed by atoms with van der Waals surface area (Å²) in [6, 6.07) is 0.371. The summed E-state index contributed by atoms with van der Waals surface area (Å²) in [7, 11) is 0. The molecule has 0 bridgehead atoms. The van der Waals surface area contributed by atoms with Crippen LogP contribution in [0.1, 0.15) is 39.5 Å². The highest BCUT2D eigenvalue weighted by Crippen LogP contribution is 2.25. The lowest BCUT2D eigenvalue weighted by molar-refractivity contribution is 0.0537. The topological polar surface area (TPSA) is 49.5 Å². The zero-order valence-corrected chi connectivity index (χ0v) is 10.2. The molecule has 90 valence electrons. The summed E-state index contributed by atoms with van der Waals surface area (Å²) in [5.41, 5.74) is 6.05. The molecule has 2 unspecified atom stereocenters. The molecule has 0 aromatic rings. The van der Waals surface area contributed by atoms with Gasteiger partial charge in [-0.25, -0.2) is 0 Å². The van der Waals surface area contributed by atoms with Gasteiger partial charge in [0.15, 0.2) is 0 Å². The molecule has 3 N–H and O–H groups in total. The average Bonchev–Trinajstić information content (AvgIpc) is 2.29. The maximum atomic E-state index is 9.33. The van der Waals surface area contributed by atoms with Crippen LogP contribution in [0.5, 0.6) is 0 Å². The van der Waals surface area contributed by atoms with E-state index in [0.717, 1.165) is 32.5 Å². The minimum atomic E-state index is 0.213. The third kappa shape index (κ3) is 3.44. The maximum Gasteiger partial charge on any atom is 0.0586 e. The minimum absolute atomic E-state index is 0.213. The fourth-order valence-electron chi connectivity index (χ4n) is 2.29. The molecule has 1 fully saturated rings. The summed E-state index contributed by atoms with van der Waals surface area (Å²) in [4.78, 5) is 2.43. The summed E-state index contributed by atoms with van der Waals surface area (Å²) in [5.74, 6) is 0. The summed E-state index contributed by atoms with van der Waals surface area (Å²) in [5, 5.41) is 9.33. The largest absolute Gasteiger partial charge is 0.395 e. The van der Waals surface area contributed by atoms with Gasteiger partial charge in [-0.15, -0.1) is 0 Å². The molecule has 1 heterocycles. The number of likely N-dealkylation sites (tertiary alicyclic amines) is 1. The molecule has 3 nitrogen and oxygen atoms in total. The van der Waals surface area contributed by atoms with Gasteiger partial charge in [-0.05, 0) is 37.8 Å². The fourth-order valence-corrected chi connectivity index (χ4v) is 2.29. The third-order valence-corrected chi connectivity index (χ3v) is 3.89. The van der Waals surface area contributed by atoms with Gasteiger partial charge < -0.3 is 10.8 Å². The molecule has 0 spiro atoms. The molecule has 2 atom stereocenters. The zero-order chi connectivity index (χ0) is 11.3. The standard InChI is InChI=1S/C12H26N2O/c1-3-12(2,9-13)10-14-7-5-4-6-11(14)8-15/h11,15H,3-10,13H2,1-2H3. The summed E-state index contributed by atoms with van der Waals surface area (Å²) in [6.45, 7) is 7.63. The number of aliphatic hydroxyl groups excluding tert-OH is 1. The number of nitrogens with two attached hydrogens (primary N) is 1. The number of rotatable bonds is 5. The van der Waals surface area contributed by atoms with Crippen molar-refractivity contribution in [3.8, 4) is 0 Å². The monoisotopic (exact) mass is 214 g/mol. The van der Waals surface area contributed by atoms with Crippen LogP contribution in [-0.4, -0.2) is 42.3 Å². The number of hydrogen-bond acceptors (Lipinski definition) is 3. The van der Waals surface area contributed by atoms with Crippen molar-refractivity contribution in [2.24, 2.45) is 11.1 Å². The second-order valence-corrected chi connectivity index (χ2v) is 5.17. The van der Waals surface area contributed by atoms with Crippen LogP contribution in [0.15, 0.2) is 0 Å². The predicted molar refractivity (Wildman–Crippen MR) is 63.8 cm³/mol. The first-order valence-electron chi connectivity index (χ1n) is 6.20. The van der Waals surface area contributed by atoms with Crippen LogP contribution < -0.4 is 5.73 Å². The second kappa shape index (κ2) is 5.83. The van der Waals surface area contributed by atoms with Gasteiger partial charge in [0.1, 0.15) is 0 Å². The van der Waals surface area contributed by atoms with Crippen molar-refractivity contribution in [3.63, 3.8) is 0 Å². The molecule has 0 aromatic carbocycles. The van der Waals surface area contributed by atoms with E-state index in [0.29, 0.717) is 12.6 Å². The Labute approximate surface area is 93.6 Å². The number of aliphatic hydroxyl groups is 1. The van der Waals surface area contributed by atoms with E-state index < -0.39 is 0 Å². The predicted octanol–water partition coefficient (Wildman–Crippen LogP) is 1.21. The molecule has 0 radical (unpaired) electrons. The van der Waals surface area contributed by atoms with Crippen molar-refractivity contribution in [1.82, 2.24) is 4.90 Å². The Morgan fingerprint density at radius 3 is 2.73 bits per heavy atom. The van der Waals surface area contributed by atoms with Crippen LogP contribution in [0.25, 0.3) is 0 Å². The second-order valence-electron chi connectivity index (χ2n) is 5.17. The van der Waals surface area contributed by atoms with Gasteiger partial charge in [-0.1, -0.05) is 20.3 Å². The van der Waals surface area contributed by atoms with E-state index in [1.54, 1.807) is 0 Å². The highest BCUT2D eigenvalue weighted by molar-refractivity contribution is 4.84. The van der Waals surface area contributed by atoms with Gasteiger partial charge in [0.05, 0.1) is 6.61 Å². The minimum Gasteiger partial charge on any atom is -0.395 e. The van der Waals surface area contributed by atoms with Gasteiger partial charge in [-0.3, -0.25) is 4.90 Å². The molecule has 3 heteroatoms. The van der Waals surface area contributed by atoms with Crippen LogP contribution in [0, 0.1) is 5.41 Å². The molecule has 1 aliphatic rings. The molecule has 0 saturated carbocycles. The van der Waals surface area contributed by atoms with Crippen molar-refractivity contribution >= 4 is 0 Å². The highest BCUT2D eigenvalue weighted by atomic mass is 16.3. The lowest BCUT2D eigenvalue weighted by Crippen LogP contribution is -2.48. The van der Waals surface area contributed by atoms with E-state index >= 15 is 0 Å². The molecule has 1 rings (SSSR count). The van der Waals surface area contributed by atoms with E-state index in [1.165, 1.54) is 12.8 Å². The van der Waals surface area contributed by atoms with Crippen LogP contribution in [0.2, 0.25) is 0 Å². The molecule has 0 amide bonds. The summed E-state index contributed by atoms with van der Waals surface area (Å²) >= 11 is 0. The number of hydrogen-bond donors (Lipinski definition) is 2. The normalized spacial score (nSPS) is 27.6. The maximum absolute atomic E-state index is 9.33.